The van der Waals surface area contributed by atoms with Crippen LogP contribution in [0.15, 0.2) is 66.7 Å². The lowest BCUT2D eigenvalue weighted by Gasteiger charge is -2.29. The van der Waals surface area contributed by atoms with Crippen molar-refractivity contribution in [2.45, 2.75) is 19.5 Å². The summed E-state index contributed by atoms with van der Waals surface area (Å²) in [4.78, 5) is 17.1. The van der Waals surface area contributed by atoms with E-state index in [-0.39, 0.29) is 11.9 Å². The molecule has 5 heteroatoms. The summed E-state index contributed by atoms with van der Waals surface area (Å²) in [5.74, 6) is -0.00240. The normalized spacial score (nSPS) is 15.4. The van der Waals surface area contributed by atoms with Gasteiger partial charge < -0.3 is 15.0 Å². The molecular weight excluding hydrogens is 374 g/mol. The first-order valence-corrected chi connectivity index (χ1v) is 10.5. The SMILES string of the molecule is C[C@@H](C(=O)Nc1ccc(N2CCOCC2)cc1)N(C)Cc1ccc2ccccc2c1. The van der Waals surface area contributed by atoms with Gasteiger partial charge in [-0.3, -0.25) is 9.69 Å². The Balaban J connectivity index is 1.35. The van der Waals surface area contributed by atoms with Crippen molar-refractivity contribution >= 4 is 28.1 Å². The van der Waals surface area contributed by atoms with Crippen molar-refractivity contribution in [3.63, 3.8) is 0 Å². The molecule has 0 aliphatic carbocycles. The number of benzene rings is 3. The van der Waals surface area contributed by atoms with Crippen molar-refractivity contribution in [3.8, 4) is 0 Å². The Kier molecular flexibility index (Phi) is 6.31. The smallest absolute Gasteiger partial charge is 0.241 e. The number of rotatable bonds is 6. The van der Waals surface area contributed by atoms with Gasteiger partial charge in [-0.15, -0.1) is 0 Å². The van der Waals surface area contributed by atoms with Crippen LogP contribution in [-0.4, -0.2) is 50.2 Å². The van der Waals surface area contributed by atoms with Crippen LogP contribution in [0.5, 0.6) is 0 Å². The summed E-state index contributed by atoms with van der Waals surface area (Å²) < 4.78 is 5.41. The monoisotopic (exact) mass is 403 g/mol. The van der Waals surface area contributed by atoms with Gasteiger partial charge in [-0.25, -0.2) is 0 Å². The number of carbonyl (C=O) groups is 1. The Hall–Kier alpha value is -2.89. The number of carbonyl (C=O) groups excluding carboxylic acids is 1. The van der Waals surface area contributed by atoms with E-state index in [1.807, 2.05) is 32.2 Å². The van der Waals surface area contributed by atoms with Crippen molar-refractivity contribution in [3.05, 3.63) is 72.3 Å². The highest BCUT2D eigenvalue weighted by Crippen LogP contribution is 2.20. The molecule has 0 spiro atoms. The van der Waals surface area contributed by atoms with Gasteiger partial charge in [0.25, 0.3) is 0 Å². The fourth-order valence-electron chi connectivity index (χ4n) is 3.79. The van der Waals surface area contributed by atoms with Gasteiger partial charge >= 0.3 is 0 Å². The Morgan fingerprint density at radius 1 is 1.03 bits per heavy atom. The fourth-order valence-corrected chi connectivity index (χ4v) is 3.79. The van der Waals surface area contributed by atoms with Crippen molar-refractivity contribution in [1.82, 2.24) is 4.90 Å². The van der Waals surface area contributed by atoms with Crippen molar-refractivity contribution in [2.24, 2.45) is 0 Å². The molecule has 1 N–H and O–H groups in total. The molecule has 1 aliphatic heterocycles. The zero-order valence-corrected chi connectivity index (χ0v) is 17.7. The third kappa shape index (κ3) is 4.81. The average molecular weight is 404 g/mol. The van der Waals surface area contributed by atoms with Crippen molar-refractivity contribution < 1.29 is 9.53 Å². The van der Waals surface area contributed by atoms with Crippen LogP contribution in [0.2, 0.25) is 0 Å². The van der Waals surface area contributed by atoms with Gasteiger partial charge in [-0.05, 0) is 60.6 Å². The lowest BCUT2D eigenvalue weighted by Crippen LogP contribution is -2.39. The highest BCUT2D eigenvalue weighted by molar-refractivity contribution is 5.94. The van der Waals surface area contributed by atoms with Gasteiger partial charge in [-0.2, -0.15) is 0 Å². The van der Waals surface area contributed by atoms with E-state index in [1.165, 1.54) is 16.3 Å². The number of amides is 1. The van der Waals surface area contributed by atoms with Crippen LogP contribution in [0.1, 0.15) is 12.5 Å². The summed E-state index contributed by atoms with van der Waals surface area (Å²) in [6.07, 6.45) is 0. The van der Waals surface area contributed by atoms with E-state index in [0.29, 0.717) is 0 Å². The number of fused-ring (bicyclic) bond motifs is 1. The molecule has 0 aromatic heterocycles. The molecule has 156 valence electrons. The predicted molar refractivity (Wildman–Crippen MR) is 123 cm³/mol. The number of nitrogens with one attached hydrogen (secondary N) is 1. The molecule has 3 aromatic rings. The molecule has 1 aliphatic rings. The summed E-state index contributed by atoms with van der Waals surface area (Å²) >= 11 is 0. The first-order chi connectivity index (χ1) is 14.6. The molecule has 1 saturated heterocycles. The largest absolute Gasteiger partial charge is 0.378 e. The molecule has 4 rings (SSSR count). The van der Waals surface area contributed by atoms with Crippen molar-refractivity contribution in [2.75, 3.05) is 43.6 Å². The Labute approximate surface area is 178 Å². The quantitative estimate of drug-likeness (QED) is 0.672. The molecule has 0 saturated carbocycles. The maximum atomic E-state index is 12.8. The summed E-state index contributed by atoms with van der Waals surface area (Å²) in [6.45, 7) is 6.00. The number of hydrogen-bond acceptors (Lipinski definition) is 4. The number of likely N-dealkylation sites (N-methyl/N-ethyl adjacent to an activating group) is 1. The molecule has 1 fully saturated rings. The average Bonchev–Trinajstić information content (AvgIpc) is 2.79. The van der Waals surface area contributed by atoms with Crippen LogP contribution < -0.4 is 10.2 Å². The van der Waals surface area contributed by atoms with Crippen LogP contribution in [0.3, 0.4) is 0 Å². The lowest BCUT2D eigenvalue weighted by atomic mass is 10.1. The van der Waals surface area contributed by atoms with Gasteiger partial charge in [0.05, 0.1) is 19.3 Å². The number of ether oxygens (including phenoxy) is 1. The van der Waals surface area contributed by atoms with E-state index in [1.54, 1.807) is 0 Å². The Bertz CT molecular complexity index is 997. The van der Waals surface area contributed by atoms with Gasteiger partial charge in [-0.1, -0.05) is 36.4 Å². The maximum Gasteiger partial charge on any atom is 0.241 e. The molecule has 1 atom stereocenters. The van der Waals surface area contributed by atoms with Gasteiger partial charge in [0, 0.05) is 31.0 Å². The third-order valence-corrected chi connectivity index (χ3v) is 5.80. The van der Waals surface area contributed by atoms with Gasteiger partial charge in [0.1, 0.15) is 0 Å². The van der Waals surface area contributed by atoms with Crippen LogP contribution in [-0.2, 0) is 16.1 Å². The van der Waals surface area contributed by atoms with E-state index < -0.39 is 0 Å². The molecule has 1 heterocycles. The summed E-state index contributed by atoms with van der Waals surface area (Å²) in [5, 5.41) is 5.50. The zero-order chi connectivity index (χ0) is 20.9. The number of nitrogens with zero attached hydrogens (tertiary/aromatic N) is 2. The second-order valence-corrected chi connectivity index (χ2v) is 7.91. The van der Waals surface area contributed by atoms with Crippen LogP contribution in [0, 0.1) is 0 Å². The van der Waals surface area contributed by atoms with Crippen LogP contribution in [0.25, 0.3) is 10.8 Å². The van der Waals surface area contributed by atoms with E-state index in [2.05, 4.69) is 63.6 Å². The van der Waals surface area contributed by atoms with Crippen LogP contribution in [0.4, 0.5) is 11.4 Å². The minimum absolute atomic E-state index is 0.00240. The Morgan fingerprint density at radius 2 is 1.73 bits per heavy atom. The zero-order valence-electron chi connectivity index (χ0n) is 17.7. The van der Waals surface area contributed by atoms with Crippen molar-refractivity contribution in [1.29, 1.82) is 0 Å². The minimum Gasteiger partial charge on any atom is -0.378 e. The number of hydrogen-bond donors (Lipinski definition) is 1. The molecule has 5 nitrogen and oxygen atoms in total. The number of morpholine rings is 1. The highest BCUT2D eigenvalue weighted by Gasteiger charge is 2.19. The fraction of sp³-hybridized carbons (Fsp3) is 0.320. The van der Waals surface area contributed by atoms with Gasteiger partial charge in [0.15, 0.2) is 0 Å². The molecule has 1 amide bonds. The maximum absolute atomic E-state index is 12.8. The third-order valence-electron chi connectivity index (χ3n) is 5.80. The summed E-state index contributed by atoms with van der Waals surface area (Å²) in [7, 11) is 1.99. The highest BCUT2D eigenvalue weighted by atomic mass is 16.5. The first kappa shape index (κ1) is 20.4. The summed E-state index contributed by atoms with van der Waals surface area (Å²) in [5.41, 5.74) is 3.19. The Morgan fingerprint density at radius 3 is 2.47 bits per heavy atom. The number of anilines is 2. The van der Waals surface area contributed by atoms with E-state index >= 15 is 0 Å². The van der Waals surface area contributed by atoms with E-state index in [0.717, 1.165) is 44.2 Å². The van der Waals surface area contributed by atoms with E-state index in [4.69, 9.17) is 4.74 Å². The minimum atomic E-state index is -0.240. The molecule has 3 aromatic carbocycles. The first-order valence-electron chi connectivity index (χ1n) is 10.5. The summed E-state index contributed by atoms with van der Waals surface area (Å²) in [6, 6.07) is 22.6. The lowest BCUT2D eigenvalue weighted by molar-refractivity contribution is -0.120. The molecule has 0 unspecified atom stereocenters. The topological polar surface area (TPSA) is 44.8 Å². The molecular formula is C25H29N3O2. The second-order valence-electron chi connectivity index (χ2n) is 7.91. The predicted octanol–water partition coefficient (Wildman–Crippen LogP) is 4.14. The second kappa shape index (κ2) is 9.28. The molecule has 30 heavy (non-hydrogen) atoms. The van der Waals surface area contributed by atoms with Gasteiger partial charge in [0.2, 0.25) is 5.91 Å². The standard InChI is InChI=1S/C25H29N3O2/c1-19(27(2)18-20-7-8-21-5-3-4-6-22(21)17-20)25(29)26-23-9-11-24(12-10-23)28-13-15-30-16-14-28/h3-12,17,19H,13-16,18H2,1-2H3,(H,26,29)/t19-/m0/s1. The molecule has 0 radical (unpaired) electrons. The van der Waals surface area contributed by atoms with E-state index in [9.17, 15) is 4.79 Å². The molecule has 0 bridgehead atoms. The van der Waals surface area contributed by atoms with Crippen LogP contribution >= 0.6 is 0 Å².